The van der Waals surface area contributed by atoms with Crippen LogP contribution in [0.3, 0.4) is 0 Å². The van der Waals surface area contributed by atoms with Gasteiger partial charge >= 0.3 is 11.9 Å². The average molecular weight is 237 g/mol. The summed E-state index contributed by atoms with van der Waals surface area (Å²) in [5.74, 6) is -1.49. The third kappa shape index (κ3) is 3.57. The van der Waals surface area contributed by atoms with Crippen molar-refractivity contribution in [2.75, 3.05) is 6.61 Å². The molecule has 1 atom stereocenters. The zero-order chi connectivity index (χ0) is 12.8. The van der Waals surface area contributed by atoms with E-state index in [1.807, 2.05) is 0 Å². The van der Waals surface area contributed by atoms with Crippen LogP contribution in [0.15, 0.2) is 24.3 Å². The lowest BCUT2D eigenvalue weighted by atomic mass is 9.99. The lowest BCUT2D eigenvalue weighted by Gasteiger charge is -2.13. The van der Waals surface area contributed by atoms with Crippen LogP contribution in [0.25, 0.3) is 0 Å². The molecular formula is C12H15NO4. The third-order valence-electron chi connectivity index (χ3n) is 2.28. The van der Waals surface area contributed by atoms with Crippen molar-refractivity contribution in [2.45, 2.75) is 19.4 Å². The van der Waals surface area contributed by atoms with Gasteiger partial charge in [0.2, 0.25) is 0 Å². The van der Waals surface area contributed by atoms with Crippen LogP contribution in [0.5, 0.6) is 0 Å². The Labute approximate surface area is 99.2 Å². The molecule has 0 bridgehead atoms. The molecule has 0 fully saturated rings. The van der Waals surface area contributed by atoms with Crippen LogP contribution >= 0.6 is 0 Å². The molecule has 1 aromatic rings. The van der Waals surface area contributed by atoms with E-state index in [4.69, 9.17) is 15.6 Å². The number of hydrogen-bond acceptors (Lipinski definition) is 4. The van der Waals surface area contributed by atoms with Gasteiger partial charge in [-0.1, -0.05) is 18.2 Å². The molecule has 0 radical (unpaired) electrons. The van der Waals surface area contributed by atoms with Gasteiger partial charge in [-0.2, -0.15) is 0 Å². The van der Waals surface area contributed by atoms with Gasteiger partial charge in [0.25, 0.3) is 0 Å². The highest BCUT2D eigenvalue weighted by molar-refractivity contribution is 5.89. The van der Waals surface area contributed by atoms with Crippen molar-refractivity contribution in [3.8, 4) is 0 Å². The van der Waals surface area contributed by atoms with Gasteiger partial charge < -0.3 is 15.6 Å². The first-order valence-electron chi connectivity index (χ1n) is 5.29. The maximum atomic E-state index is 11.3. The number of carbonyl (C=O) groups excluding carboxylic acids is 1. The largest absolute Gasteiger partial charge is 0.478 e. The molecular weight excluding hydrogens is 222 g/mol. The second-order valence-electron chi connectivity index (χ2n) is 3.51. The minimum Gasteiger partial charge on any atom is -0.478 e. The van der Waals surface area contributed by atoms with Crippen LogP contribution in [0.1, 0.15) is 35.3 Å². The van der Waals surface area contributed by atoms with E-state index >= 15 is 0 Å². The molecule has 1 aromatic carbocycles. The maximum absolute atomic E-state index is 11.3. The third-order valence-corrected chi connectivity index (χ3v) is 2.28. The summed E-state index contributed by atoms with van der Waals surface area (Å²) < 4.78 is 4.77. The predicted octanol–water partition coefficient (Wildman–Crippen LogP) is 1.34. The first-order valence-corrected chi connectivity index (χ1v) is 5.29. The molecule has 0 spiro atoms. The maximum Gasteiger partial charge on any atom is 0.336 e. The fourth-order valence-electron chi connectivity index (χ4n) is 1.52. The van der Waals surface area contributed by atoms with E-state index in [9.17, 15) is 9.59 Å². The standard InChI is InChI=1S/C12H15NO4/c1-2-17-11(14)7-10(13)8-5-3-4-6-9(8)12(15)16/h3-6,10H,2,7,13H2,1H3,(H,15,16)/t10-/m0/s1. The van der Waals surface area contributed by atoms with E-state index in [0.29, 0.717) is 5.56 Å². The Hall–Kier alpha value is -1.88. The molecule has 0 saturated heterocycles. The molecule has 0 saturated carbocycles. The Morgan fingerprint density at radius 2 is 2.06 bits per heavy atom. The number of aromatic carboxylic acids is 1. The van der Waals surface area contributed by atoms with E-state index in [1.54, 1.807) is 25.1 Å². The highest BCUT2D eigenvalue weighted by atomic mass is 16.5. The van der Waals surface area contributed by atoms with Crippen LogP contribution < -0.4 is 5.73 Å². The van der Waals surface area contributed by atoms with Crippen molar-refractivity contribution in [3.05, 3.63) is 35.4 Å². The highest BCUT2D eigenvalue weighted by Crippen LogP contribution is 2.19. The van der Waals surface area contributed by atoms with Gasteiger partial charge in [-0.3, -0.25) is 4.79 Å². The summed E-state index contributed by atoms with van der Waals surface area (Å²) in [7, 11) is 0. The van der Waals surface area contributed by atoms with E-state index in [2.05, 4.69) is 0 Å². The molecule has 5 heteroatoms. The summed E-state index contributed by atoms with van der Waals surface area (Å²) in [6, 6.07) is 5.70. The van der Waals surface area contributed by atoms with Gasteiger partial charge in [0.15, 0.2) is 0 Å². The van der Waals surface area contributed by atoms with Gasteiger partial charge in [-0.05, 0) is 18.6 Å². The number of esters is 1. The van der Waals surface area contributed by atoms with Crippen LogP contribution in [-0.2, 0) is 9.53 Å². The fraction of sp³-hybridized carbons (Fsp3) is 0.333. The monoisotopic (exact) mass is 237 g/mol. The number of rotatable bonds is 5. The Bertz CT molecular complexity index is 417. The van der Waals surface area contributed by atoms with E-state index in [1.165, 1.54) is 6.07 Å². The fourth-order valence-corrected chi connectivity index (χ4v) is 1.52. The SMILES string of the molecule is CCOC(=O)C[C@H](N)c1ccccc1C(=O)O. The van der Waals surface area contributed by atoms with Crippen LogP contribution in [0.2, 0.25) is 0 Å². The second-order valence-corrected chi connectivity index (χ2v) is 3.51. The minimum atomic E-state index is -1.06. The van der Waals surface area contributed by atoms with E-state index in [0.717, 1.165) is 0 Å². The predicted molar refractivity (Wildman–Crippen MR) is 61.6 cm³/mol. The number of carboxylic acid groups (broad SMARTS) is 1. The number of nitrogens with two attached hydrogens (primary N) is 1. The van der Waals surface area contributed by atoms with Crippen LogP contribution in [-0.4, -0.2) is 23.7 Å². The molecule has 0 aliphatic heterocycles. The molecule has 0 aromatic heterocycles. The lowest BCUT2D eigenvalue weighted by molar-refractivity contribution is -0.143. The summed E-state index contributed by atoms with van der Waals surface area (Å²) in [6.07, 6.45) is -0.0296. The zero-order valence-corrected chi connectivity index (χ0v) is 9.55. The molecule has 0 aliphatic carbocycles. The molecule has 1 rings (SSSR count). The number of hydrogen-bond donors (Lipinski definition) is 2. The van der Waals surface area contributed by atoms with Crippen molar-refractivity contribution in [1.29, 1.82) is 0 Å². The normalized spacial score (nSPS) is 11.9. The van der Waals surface area contributed by atoms with E-state index < -0.39 is 18.0 Å². The summed E-state index contributed by atoms with van der Waals surface area (Å²) in [5.41, 5.74) is 6.35. The topological polar surface area (TPSA) is 89.6 Å². The number of carbonyl (C=O) groups is 2. The first kappa shape index (κ1) is 13.2. The first-order chi connectivity index (χ1) is 8.06. The van der Waals surface area contributed by atoms with Crippen molar-refractivity contribution < 1.29 is 19.4 Å². The molecule has 0 heterocycles. The molecule has 0 unspecified atom stereocenters. The van der Waals surface area contributed by atoms with Crippen molar-refractivity contribution in [1.82, 2.24) is 0 Å². The Morgan fingerprint density at radius 1 is 1.41 bits per heavy atom. The lowest BCUT2D eigenvalue weighted by Crippen LogP contribution is -2.19. The molecule has 0 aliphatic rings. The summed E-state index contributed by atoms with van der Waals surface area (Å²) >= 11 is 0. The zero-order valence-electron chi connectivity index (χ0n) is 9.55. The van der Waals surface area contributed by atoms with Crippen molar-refractivity contribution in [3.63, 3.8) is 0 Å². The summed E-state index contributed by atoms with van der Waals surface area (Å²) in [5, 5.41) is 8.98. The summed E-state index contributed by atoms with van der Waals surface area (Å²) in [4.78, 5) is 22.2. The van der Waals surface area contributed by atoms with Gasteiger partial charge in [-0.15, -0.1) is 0 Å². The second kappa shape index (κ2) is 6.00. The van der Waals surface area contributed by atoms with Gasteiger partial charge in [-0.25, -0.2) is 4.79 Å². The highest BCUT2D eigenvalue weighted by Gasteiger charge is 2.18. The molecule has 92 valence electrons. The number of ether oxygens (including phenoxy) is 1. The summed E-state index contributed by atoms with van der Waals surface area (Å²) in [6.45, 7) is 1.99. The molecule has 0 amide bonds. The van der Waals surface area contributed by atoms with Gasteiger partial charge in [0.05, 0.1) is 18.6 Å². The van der Waals surface area contributed by atoms with Crippen LogP contribution in [0, 0.1) is 0 Å². The van der Waals surface area contributed by atoms with Crippen molar-refractivity contribution >= 4 is 11.9 Å². The molecule has 3 N–H and O–H groups in total. The Morgan fingerprint density at radius 3 is 2.65 bits per heavy atom. The van der Waals surface area contributed by atoms with Gasteiger partial charge in [0.1, 0.15) is 0 Å². The van der Waals surface area contributed by atoms with E-state index in [-0.39, 0.29) is 18.6 Å². The van der Waals surface area contributed by atoms with Gasteiger partial charge in [0, 0.05) is 6.04 Å². The van der Waals surface area contributed by atoms with Crippen LogP contribution in [0.4, 0.5) is 0 Å². The quantitative estimate of drug-likeness (QED) is 0.754. The molecule has 5 nitrogen and oxygen atoms in total. The number of benzene rings is 1. The Kier molecular flexibility index (Phi) is 4.66. The smallest absolute Gasteiger partial charge is 0.336 e. The Balaban J connectivity index is 2.85. The molecule has 17 heavy (non-hydrogen) atoms. The minimum absolute atomic E-state index is 0.0296. The number of carboxylic acids is 1. The van der Waals surface area contributed by atoms with Crippen molar-refractivity contribution in [2.24, 2.45) is 5.73 Å². The average Bonchev–Trinajstić information content (AvgIpc) is 2.29.